The van der Waals surface area contributed by atoms with Crippen LogP contribution in [0, 0.1) is 5.41 Å². The summed E-state index contributed by atoms with van der Waals surface area (Å²) in [5.41, 5.74) is -0.116. The van der Waals surface area contributed by atoms with Crippen LogP contribution in [-0.2, 0) is 4.79 Å². The molecule has 2 N–H and O–H groups in total. The third-order valence-electron chi connectivity index (χ3n) is 2.96. The van der Waals surface area contributed by atoms with E-state index in [1.165, 1.54) is 18.2 Å². The molecule has 0 saturated carbocycles. The average Bonchev–Trinajstić information content (AvgIpc) is 2.31. The molecule has 0 atom stereocenters. The molecule has 0 aliphatic rings. The van der Waals surface area contributed by atoms with Crippen LogP contribution < -0.4 is 5.32 Å². The Morgan fingerprint density at radius 1 is 1.39 bits per heavy atom. The number of halogens is 1. The van der Waals surface area contributed by atoms with E-state index in [4.69, 9.17) is 16.7 Å². The summed E-state index contributed by atoms with van der Waals surface area (Å²) in [5, 5.41) is 11.9. The largest absolute Gasteiger partial charge is 0.478 e. The molecule has 1 amide bonds. The number of carbonyl (C=O) groups excluding carboxylic acids is 1. The maximum Gasteiger partial charge on any atom is 0.335 e. The van der Waals surface area contributed by atoms with Gasteiger partial charge in [0.25, 0.3) is 0 Å². The third kappa shape index (κ3) is 3.23. The number of hydrogen-bond acceptors (Lipinski definition) is 2. The normalized spacial score (nSPS) is 11.1. The van der Waals surface area contributed by atoms with E-state index in [9.17, 15) is 9.59 Å². The number of aromatic carboxylic acids is 1. The molecule has 0 bridgehead atoms. The molecule has 0 spiro atoms. The second-order valence-electron chi connectivity index (χ2n) is 4.69. The van der Waals surface area contributed by atoms with Crippen LogP contribution in [0.3, 0.4) is 0 Å². The smallest absolute Gasteiger partial charge is 0.335 e. The third-order valence-corrected chi connectivity index (χ3v) is 3.29. The first-order valence-electron chi connectivity index (χ1n) is 5.62. The molecule has 1 rings (SSSR count). The van der Waals surface area contributed by atoms with Gasteiger partial charge < -0.3 is 10.4 Å². The summed E-state index contributed by atoms with van der Waals surface area (Å²) in [6.45, 7) is 5.55. The molecule has 1 aromatic carbocycles. The topological polar surface area (TPSA) is 66.4 Å². The Morgan fingerprint density at radius 2 is 2.00 bits per heavy atom. The van der Waals surface area contributed by atoms with Gasteiger partial charge in [0, 0.05) is 5.41 Å². The lowest BCUT2D eigenvalue weighted by Gasteiger charge is -2.22. The van der Waals surface area contributed by atoms with Crippen LogP contribution in [0.4, 0.5) is 5.69 Å². The van der Waals surface area contributed by atoms with Crippen LogP contribution in [0.1, 0.15) is 37.6 Å². The minimum atomic E-state index is -1.06. The highest BCUT2D eigenvalue weighted by atomic mass is 35.5. The SMILES string of the molecule is CCC(C)(C)C(=O)Nc1cc(C(=O)O)ccc1Cl. The van der Waals surface area contributed by atoms with Crippen molar-refractivity contribution in [3.8, 4) is 0 Å². The van der Waals surface area contributed by atoms with Gasteiger partial charge in [-0.15, -0.1) is 0 Å². The molecule has 0 aliphatic heterocycles. The molecule has 0 aromatic heterocycles. The number of carboxylic acids is 1. The van der Waals surface area contributed by atoms with Crippen LogP contribution in [0.2, 0.25) is 5.02 Å². The maximum atomic E-state index is 12.0. The molecule has 5 heteroatoms. The van der Waals surface area contributed by atoms with Crippen molar-refractivity contribution >= 4 is 29.2 Å². The van der Waals surface area contributed by atoms with Gasteiger partial charge in [0.1, 0.15) is 0 Å². The van der Waals surface area contributed by atoms with Crippen molar-refractivity contribution in [2.75, 3.05) is 5.32 Å². The number of hydrogen-bond donors (Lipinski definition) is 2. The van der Waals surface area contributed by atoms with E-state index in [-0.39, 0.29) is 11.5 Å². The first-order chi connectivity index (χ1) is 8.27. The average molecular weight is 270 g/mol. The summed E-state index contributed by atoms with van der Waals surface area (Å²) in [6.07, 6.45) is 0.676. The number of rotatable bonds is 4. The quantitative estimate of drug-likeness (QED) is 0.880. The van der Waals surface area contributed by atoms with Gasteiger partial charge in [0.05, 0.1) is 16.3 Å². The highest BCUT2D eigenvalue weighted by Crippen LogP contribution is 2.27. The fourth-order valence-corrected chi connectivity index (χ4v) is 1.37. The van der Waals surface area contributed by atoms with E-state index in [2.05, 4.69) is 5.32 Å². The molecule has 0 radical (unpaired) electrons. The first-order valence-corrected chi connectivity index (χ1v) is 6.00. The van der Waals surface area contributed by atoms with Crippen molar-refractivity contribution in [1.82, 2.24) is 0 Å². The van der Waals surface area contributed by atoms with Gasteiger partial charge in [-0.1, -0.05) is 32.4 Å². The molecule has 1 aromatic rings. The second-order valence-corrected chi connectivity index (χ2v) is 5.10. The van der Waals surface area contributed by atoms with E-state index in [0.29, 0.717) is 17.1 Å². The van der Waals surface area contributed by atoms with Crippen molar-refractivity contribution < 1.29 is 14.7 Å². The Hall–Kier alpha value is -1.55. The van der Waals surface area contributed by atoms with Crippen molar-refractivity contribution in [2.24, 2.45) is 5.41 Å². The van der Waals surface area contributed by atoms with Crippen molar-refractivity contribution in [2.45, 2.75) is 27.2 Å². The zero-order valence-electron chi connectivity index (χ0n) is 10.6. The number of carboxylic acid groups (broad SMARTS) is 1. The lowest BCUT2D eigenvalue weighted by Crippen LogP contribution is -2.30. The van der Waals surface area contributed by atoms with Crippen molar-refractivity contribution in [3.05, 3.63) is 28.8 Å². The number of amides is 1. The highest BCUT2D eigenvalue weighted by molar-refractivity contribution is 6.33. The monoisotopic (exact) mass is 269 g/mol. The van der Waals surface area contributed by atoms with Gasteiger partial charge in [-0.25, -0.2) is 4.79 Å². The molecular weight excluding hydrogens is 254 g/mol. The van der Waals surface area contributed by atoms with E-state index in [0.717, 1.165) is 0 Å². The van der Waals surface area contributed by atoms with Gasteiger partial charge in [-0.05, 0) is 24.6 Å². The summed E-state index contributed by atoms with van der Waals surface area (Å²) >= 11 is 5.93. The Morgan fingerprint density at radius 3 is 2.50 bits per heavy atom. The Balaban J connectivity index is 3.01. The number of anilines is 1. The first kappa shape index (κ1) is 14.5. The molecule has 0 fully saturated rings. The molecular formula is C13H16ClNO3. The molecule has 4 nitrogen and oxygen atoms in total. The van der Waals surface area contributed by atoms with Crippen molar-refractivity contribution in [1.29, 1.82) is 0 Å². The standard InChI is InChI=1S/C13H16ClNO3/c1-4-13(2,3)12(18)15-10-7-8(11(16)17)5-6-9(10)14/h5-7H,4H2,1-3H3,(H,15,18)(H,16,17). The molecule has 18 heavy (non-hydrogen) atoms. The molecule has 0 aliphatic carbocycles. The zero-order chi connectivity index (χ0) is 13.9. The fourth-order valence-electron chi connectivity index (χ4n) is 1.21. The van der Waals surface area contributed by atoms with Gasteiger partial charge in [0.15, 0.2) is 0 Å². The van der Waals surface area contributed by atoms with Gasteiger partial charge in [-0.3, -0.25) is 4.79 Å². The zero-order valence-corrected chi connectivity index (χ0v) is 11.3. The van der Waals surface area contributed by atoms with Crippen LogP contribution in [0.5, 0.6) is 0 Å². The summed E-state index contributed by atoms with van der Waals surface area (Å²) in [7, 11) is 0. The minimum Gasteiger partial charge on any atom is -0.478 e. The van der Waals surface area contributed by atoms with Crippen molar-refractivity contribution in [3.63, 3.8) is 0 Å². The summed E-state index contributed by atoms with van der Waals surface area (Å²) < 4.78 is 0. The molecule has 0 heterocycles. The fraction of sp³-hybridized carbons (Fsp3) is 0.385. The Bertz CT molecular complexity index is 483. The van der Waals surface area contributed by atoms with Crippen LogP contribution in [-0.4, -0.2) is 17.0 Å². The summed E-state index contributed by atoms with van der Waals surface area (Å²) in [5.74, 6) is -1.24. The second kappa shape index (κ2) is 5.40. The van der Waals surface area contributed by atoms with Crippen LogP contribution in [0.15, 0.2) is 18.2 Å². The highest BCUT2D eigenvalue weighted by Gasteiger charge is 2.25. The number of carbonyl (C=O) groups is 2. The van der Waals surface area contributed by atoms with E-state index >= 15 is 0 Å². The summed E-state index contributed by atoms with van der Waals surface area (Å²) in [6, 6.07) is 4.21. The predicted octanol–water partition coefficient (Wildman–Crippen LogP) is 3.41. The maximum absolute atomic E-state index is 12.0. The summed E-state index contributed by atoms with van der Waals surface area (Å²) in [4.78, 5) is 22.8. The van der Waals surface area contributed by atoms with E-state index in [1.807, 2.05) is 20.8 Å². The number of nitrogens with one attached hydrogen (secondary N) is 1. The van der Waals surface area contributed by atoms with Gasteiger partial charge in [0.2, 0.25) is 5.91 Å². The lowest BCUT2D eigenvalue weighted by atomic mass is 9.89. The van der Waals surface area contributed by atoms with Gasteiger partial charge in [-0.2, -0.15) is 0 Å². The predicted molar refractivity (Wildman–Crippen MR) is 71.1 cm³/mol. The number of benzene rings is 1. The lowest BCUT2D eigenvalue weighted by molar-refractivity contribution is -0.124. The molecule has 0 unspecified atom stereocenters. The molecule has 0 saturated heterocycles. The molecule has 98 valence electrons. The van der Waals surface area contributed by atoms with Gasteiger partial charge >= 0.3 is 5.97 Å². The Labute approximate surface area is 111 Å². The Kier molecular flexibility index (Phi) is 4.35. The van der Waals surface area contributed by atoms with Crippen LogP contribution >= 0.6 is 11.6 Å². The van der Waals surface area contributed by atoms with Crippen LogP contribution in [0.25, 0.3) is 0 Å². The minimum absolute atomic E-state index is 0.0870. The van der Waals surface area contributed by atoms with E-state index in [1.54, 1.807) is 0 Å². The van der Waals surface area contributed by atoms with E-state index < -0.39 is 11.4 Å².